The van der Waals surface area contributed by atoms with E-state index in [1.807, 2.05) is 24.3 Å². The Morgan fingerprint density at radius 3 is 2.36 bits per heavy atom. The summed E-state index contributed by atoms with van der Waals surface area (Å²) >= 11 is 0. The third-order valence-corrected chi connectivity index (χ3v) is 7.07. The van der Waals surface area contributed by atoms with Crippen molar-refractivity contribution in [3.8, 4) is 0 Å². The van der Waals surface area contributed by atoms with Gasteiger partial charge in [-0.25, -0.2) is 8.42 Å². The van der Waals surface area contributed by atoms with Crippen molar-refractivity contribution in [2.75, 3.05) is 29.5 Å². The predicted molar refractivity (Wildman–Crippen MR) is 101 cm³/mol. The highest BCUT2D eigenvalue weighted by atomic mass is 32.2. The molecular weight excluding hydrogens is 336 g/mol. The predicted octanol–water partition coefficient (Wildman–Crippen LogP) is 2.25. The van der Waals surface area contributed by atoms with E-state index in [0.717, 1.165) is 37.9 Å². The van der Waals surface area contributed by atoms with Crippen LogP contribution in [0.2, 0.25) is 0 Å². The van der Waals surface area contributed by atoms with Crippen LogP contribution >= 0.6 is 0 Å². The van der Waals surface area contributed by atoms with Crippen molar-refractivity contribution in [3.05, 3.63) is 29.8 Å². The Morgan fingerprint density at radius 1 is 1.04 bits per heavy atom. The van der Waals surface area contributed by atoms with Crippen LogP contribution in [0.4, 0.5) is 5.69 Å². The third kappa shape index (κ3) is 3.90. The maximum Gasteiger partial charge on any atom is 0.241 e. The van der Waals surface area contributed by atoms with E-state index in [2.05, 4.69) is 18.7 Å². The number of rotatable bonds is 6. The summed E-state index contributed by atoms with van der Waals surface area (Å²) in [5.74, 6) is 0.253. The SMILES string of the molecule is CCCCCN1CC(=O)N(c2ccc(CC)cc2)[C@@H]2CS(=O)(=O)C[C@@H]21. The first-order valence-corrected chi connectivity index (χ1v) is 11.1. The van der Waals surface area contributed by atoms with Crippen molar-refractivity contribution in [3.63, 3.8) is 0 Å². The monoisotopic (exact) mass is 364 g/mol. The first-order chi connectivity index (χ1) is 11.9. The van der Waals surface area contributed by atoms with Gasteiger partial charge in [0.1, 0.15) is 0 Å². The molecule has 2 aliphatic heterocycles. The summed E-state index contributed by atoms with van der Waals surface area (Å²) in [4.78, 5) is 16.7. The van der Waals surface area contributed by atoms with Crippen molar-refractivity contribution in [2.24, 2.45) is 0 Å². The zero-order valence-corrected chi connectivity index (χ0v) is 16.0. The molecule has 1 amide bonds. The Kier molecular flexibility index (Phi) is 5.49. The van der Waals surface area contributed by atoms with Crippen molar-refractivity contribution in [1.29, 1.82) is 0 Å². The number of sulfone groups is 1. The minimum Gasteiger partial charge on any atom is -0.306 e. The maximum absolute atomic E-state index is 12.8. The van der Waals surface area contributed by atoms with Crippen LogP contribution in [0.15, 0.2) is 24.3 Å². The average Bonchev–Trinajstić information content (AvgIpc) is 2.90. The fourth-order valence-electron chi connectivity index (χ4n) is 4.00. The summed E-state index contributed by atoms with van der Waals surface area (Å²) in [5.41, 5.74) is 2.03. The van der Waals surface area contributed by atoms with Gasteiger partial charge in [0.05, 0.1) is 24.1 Å². The molecule has 0 saturated carbocycles. The van der Waals surface area contributed by atoms with Gasteiger partial charge in [-0.15, -0.1) is 0 Å². The summed E-state index contributed by atoms with van der Waals surface area (Å²) < 4.78 is 24.6. The summed E-state index contributed by atoms with van der Waals surface area (Å²) in [7, 11) is -3.11. The minimum absolute atomic E-state index is 0.0131. The van der Waals surface area contributed by atoms with Crippen molar-refractivity contribution >= 4 is 21.4 Å². The number of nitrogens with zero attached hydrogens (tertiary/aromatic N) is 2. The normalized spacial score (nSPS) is 26.0. The highest BCUT2D eigenvalue weighted by Gasteiger charge is 2.49. The van der Waals surface area contributed by atoms with Crippen LogP contribution in [0.5, 0.6) is 0 Å². The number of hydrogen-bond donors (Lipinski definition) is 0. The molecule has 5 nitrogen and oxygen atoms in total. The van der Waals surface area contributed by atoms with E-state index in [-0.39, 0.29) is 29.5 Å². The second kappa shape index (κ2) is 7.46. The number of amides is 1. The maximum atomic E-state index is 12.8. The molecule has 0 aliphatic carbocycles. The largest absolute Gasteiger partial charge is 0.306 e. The number of carbonyl (C=O) groups is 1. The third-order valence-electron chi connectivity index (χ3n) is 5.37. The smallest absolute Gasteiger partial charge is 0.241 e. The molecule has 1 aromatic carbocycles. The number of unbranched alkanes of at least 4 members (excludes halogenated alkanes) is 2. The van der Waals surface area contributed by atoms with Crippen LogP contribution in [0, 0.1) is 0 Å². The van der Waals surface area contributed by atoms with E-state index in [1.165, 1.54) is 5.56 Å². The van der Waals surface area contributed by atoms with E-state index in [1.54, 1.807) is 4.90 Å². The highest BCUT2D eigenvalue weighted by molar-refractivity contribution is 7.91. The van der Waals surface area contributed by atoms with Crippen LogP contribution in [0.25, 0.3) is 0 Å². The van der Waals surface area contributed by atoms with Crippen molar-refractivity contribution in [2.45, 2.75) is 51.6 Å². The topological polar surface area (TPSA) is 57.7 Å². The number of hydrogen-bond acceptors (Lipinski definition) is 4. The highest BCUT2D eigenvalue weighted by Crippen LogP contribution is 2.32. The first-order valence-electron chi connectivity index (χ1n) is 9.30. The van der Waals surface area contributed by atoms with Crippen LogP contribution in [0.1, 0.15) is 38.7 Å². The molecule has 138 valence electrons. The van der Waals surface area contributed by atoms with Crippen molar-refractivity contribution in [1.82, 2.24) is 4.90 Å². The summed E-state index contributed by atoms with van der Waals surface area (Å²) in [5, 5.41) is 0. The van der Waals surface area contributed by atoms with E-state index in [0.29, 0.717) is 6.54 Å². The standard InChI is InChI=1S/C19H28N2O3S/c1-3-5-6-11-20-12-19(22)21(16-9-7-15(4-2)8-10-16)18-14-25(23,24)13-17(18)20/h7-10,17-18H,3-6,11-14H2,1-2H3/t17-,18+/m0/s1. The number of piperazine rings is 1. The lowest BCUT2D eigenvalue weighted by Gasteiger charge is -2.43. The lowest BCUT2D eigenvalue weighted by molar-refractivity contribution is -0.123. The van der Waals surface area contributed by atoms with Crippen molar-refractivity contribution < 1.29 is 13.2 Å². The zero-order chi connectivity index (χ0) is 18.0. The molecule has 25 heavy (non-hydrogen) atoms. The molecule has 2 atom stereocenters. The second-order valence-corrected chi connectivity index (χ2v) is 9.33. The summed E-state index contributed by atoms with van der Waals surface area (Å²) in [6, 6.07) is 7.60. The summed E-state index contributed by atoms with van der Waals surface area (Å²) in [6.45, 7) is 5.36. The molecule has 0 aromatic heterocycles. The second-order valence-electron chi connectivity index (χ2n) is 7.17. The van der Waals surface area contributed by atoms with Crippen LogP contribution in [-0.2, 0) is 21.1 Å². The Morgan fingerprint density at radius 2 is 1.72 bits per heavy atom. The molecule has 2 aliphatic rings. The molecule has 1 aromatic rings. The van der Waals surface area contributed by atoms with Gasteiger partial charge in [-0.2, -0.15) is 0 Å². The van der Waals surface area contributed by atoms with Crippen LogP contribution in [0.3, 0.4) is 0 Å². The van der Waals surface area contributed by atoms with Gasteiger partial charge < -0.3 is 4.90 Å². The van der Waals surface area contributed by atoms with Gasteiger partial charge in [-0.1, -0.05) is 38.8 Å². The van der Waals surface area contributed by atoms with E-state index in [4.69, 9.17) is 0 Å². The molecule has 0 radical (unpaired) electrons. The molecule has 3 rings (SSSR count). The molecular formula is C19H28N2O3S. The molecule has 0 unspecified atom stereocenters. The quantitative estimate of drug-likeness (QED) is 0.727. The molecule has 2 saturated heterocycles. The fourth-order valence-corrected chi connectivity index (χ4v) is 5.98. The van der Waals surface area contributed by atoms with E-state index >= 15 is 0 Å². The zero-order valence-electron chi connectivity index (χ0n) is 15.1. The number of fused-ring (bicyclic) bond motifs is 1. The molecule has 6 heteroatoms. The van der Waals surface area contributed by atoms with Gasteiger partial charge >= 0.3 is 0 Å². The number of aryl methyl sites for hydroxylation is 1. The number of anilines is 1. The average molecular weight is 365 g/mol. The van der Waals surface area contributed by atoms with Gasteiger partial charge in [0.15, 0.2) is 9.84 Å². The lowest BCUT2D eigenvalue weighted by atomic mass is 10.0. The van der Waals surface area contributed by atoms with Gasteiger partial charge in [0, 0.05) is 11.7 Å². The number of benzene rings is 1. The molecule has 2 fully saturated rings. The molecule has 0 N–H and O–H groups in total. The van der Waals surface area contributed by atoms with Gasteiger partial charge in [0.25, 0.3) is 0 Å². The Bertz CT molecular complexity index is 715. The summed E-state index contributed by atoms with van der Waals surface area (Å²) in [6.07, 6.45) is 4.18. The van der Waals surface area contributed by atoms with E-state index in [9.17, 15) is 13.2 Å². The Hall–Kier alpha value is -1.40. The van der Waals surface area contributed by atoms with Gasteiger partial charge in [-0.05, 0) is 37.1 Å². The molecule has 0 spiro atoms. The van der Waals surface area contributed by atoms with Crippen LogP contribution < -0.4 is 4.90 Å². The Balaban J connectivity index is 1.86. The van der Waals surface area contributed by atoms with E-state index < -0.39 is 9.84 Å². The first kappa shape index (κ1) is 18.4. The van der Waals surface area contributed by atoms with Gasteiger partial charge in [0.2, 0.25) is 5.91 Å². The molecule has 2 heterocycles. The Labute approximate surface area is 150 Å². The number of carbonyl (C=O) groups excluding carboxylic acids is 1. The van der Waals surface area contributed by atoms with Crippen LogP contribution in [-0.4, -0.2) is 55.9 Å². The molecule has 0 bridgehead atoms. The lowest BCUT2D eigenvalue weighted by Crippen LogP contribution is -2.62. The minimum atomic E-state index is -3.11. The fraction of sp³-hybridized carbons (Fsp3) is 0.632. The van der Waals surface area contributed by atoms with Gasteiger partial charge in [-0.3, -0.25) is 9.69 Å².